The molecule has 1 aliphatic rings. The van der Waals surface area contributed by atoms with Crippen LogP contribution in [0.4, 0.5) is 0 Å². The Hall–Kier alpha value is -1.89. The number of carbonyl (C=O) groups is 2. The third kappa shape index (κ3) is 6.70. The molecular formula is C17H28N4O3. The molecule has 7 nitrogen and oxygen atoms in total. The summed E-state index contributed by atoms with van der Waals surface area (Å²) >= 11 is 0. The smallest absolute Gasteiger partial charge is 0.220 e. The van der Waals surface area contributed by atoms with Crippen molar-refractivity contribution >= 4 is 11.8 Å². The van der Waals surface area contributed by atoms with Gasteiger partial charge in [-0.05, 0) is 18.9 Å². The normalized spacial score (nSPS) is 15.7. The van der Waals surface area contributed by atoms with Crippen LogP contribution in [0.25, 0.3) is 0 Å². The van der Waals surface area contributed by atoms with Crippen molar-refractivity contribution in [1.29, 1.82) is 0 Å². The Morgan fingerprint density at radius 1 is 1.21 bits per heavy atom. The highest BCUT2D eigenvalue weighted by Crippen LogP contribution is 2.17. The molecule has 7 heteroatoms. The average molecular weight is 336 g/mol. The summed E-state index contributed by atoms with van der Waals surface area (Å²) in [6.07, 6.45) is 7.44. The highest BCUT2D eigenvalue weighted by atomic mass is 16.5. The molecule has 1 heterocycles. The zero-order valence-electron chi connectivity index (χ0n) is 14.4. The second kappa shape index (κ2) is 10.1. The van der Waals surface area contributed by atoms with Crippen LogP contribution in [0.2, 0.25) is 0 Å². The first-order valence-corrected chi connectivity index (χ1v) is 8.75. The summed E-state index contributed by atoms with van der Waals surface area (Å²) in [5.41, 5.74) is 1.61. The van der Waals surface area contributed by atoms with Crippen LogP contribution in [0, 0.1) is 0 Å². The Morgan fingerprint density at radius 3 is 2.62 bits per heavy atom. The first-order valence-electron chi connectivity index (χ1n) is 8.75. The number of methoxy groups -OCH3 is 1. The molecule has 0 bridgehead atoms. The molecule has 0 aromatic carbocycles. The molecule has 3 N–H and O–H groups in total. The molecule has 0 unspecified atom stereocenters. The number of nitrogens with one attached hydrogen (secondary N) is 3. The number of aromatic amines is 1. The molecule has 1 aromatic rings. The second-order valence-corrected chi connectivity index (χ2v) is 6.35. The number of H-pyrrole nitrogens is 1. The van der Waals surface area contributed by atoms with Crippen molar-refractivity contribution in [2.75, 3.05) is 7.11 Å². The molecule has 0 saturated heterocycles. The van der Waals surface area contributed by atoms with Gasteiger partial charge in [-0.2, -0.15) is 5.10 Å². The van der Waals surface area contributed by atoms with Gasteiger partial charge in [-0.1, -0.05) is 25.7 Å². The Kier molecular flexibility index (Phi) is 7.74. The van der Waals surface area contributed by atoms with Crippen molar-refractivity contribution in [3.8, 4) is 0 Å². The summed E-state index contributed by atoms with van der Waals surface area (Å²) in [6.45, 7) is 0.811. The molecule has 24 heavy (non-hydrogen) atoms. The third-order valence-corrected chi connectivity index (χ3v) is 4.25. The molecule has 1 aliphatic carbocycles. The highest BCUT2D eigenvalue weighted by Gasteiger charge is 2.15. The lowest BCUT2D eigenvalue weighted by Crippen LogP contribution is -2.35. The lowest BCUT2D eigenvalue weighted by molar-refractivity contribution is -0.127. The zero-order valence-corrected chi connectivity index (χ0v) is 14.4. The number of ether oxygens (including phenoxy) is 1. The molecule has 134 valence electrons. The SMILES string of the molecule is COCc1cc(CNC(=O)CCC(=O)NC2CCCCCC2)[nH]n1. The summed E-state index contributed by atoms with van der Waals surface area (Å²) in [4.78, 5) is 23.8. The lowest BCUT2D eigenvalue weighted by Gasteiger charge is -2.16. The number of carbonyl (C=O) groups excluding carboxylic acids is 2. The van der Waals surface area contributed by atoms with Gasteiger partial charge >= 0.3 is 0 Å². The molecule has 1 saturated carbocycles. The van der Waals surface area contributed by atoms with Gasteiger partial charge in [0.15, 0.2) is 0 Å². The molecule has 2 amide bonds. The summed E-state index contributed by atoms with van der Waals surface area (Å²) in [5, 5.41) is 12.8. The Morgan fingerprint density at radius 2 is 1.92 bits per heavy atom. The van der Waals surface area contributed by atoms with Gasteiger partial charge in [-0.15, -0.1) is 0 Å². The third-order valence-electron chi connectivity index (χ3n) is 4.25. The summed E-state index contributed by atoms with van der Waals surface area (Å²) in [5.74, 6) is -0.158. The maximum atomic E-state index is 12.0. The minimum absolute atomic E-state index is 0.0269. The van der Waals surface area contributed by atoms with E-state index in [-0.39, 0.29) is 30.7 Å². The predicted molar refractivity (Wildman–Crippen MR) is 90.0 cm³/mol. The van der Waals surface area contributed by atoms with E-state index in [2.05, 4.69) is 20.8 Å². The van der Waals surface area contributed by atoms with Crippen molar-refractivity contribution in [3.05, 3.63) is 17.5 Å². The fourth-order valence-corrected chi connectivity index (χ4v) is 2.95. The van der Waals surface area contributed by atoms with Crippen LogP contribution in [-0.4, -0.2) is 35.2 Å². The maximum Gasteiger partial charge on any atom is 0.220 e. The van der Waals surface area contributed by atoms with E-state index in [4.69, 9.17) is 4.74 Å². The van der Waals surface area contributed by atoms with E-state index in [1.165, 1.54) is 25.7 Å². The van der Waals surface area contributed by atoms with E-state index in [0.717, 1.165) is 24.2 Å². The van der Waals surface area contributed by atoms with Gasteiger partial charge in [0.25, 0.3) is 0 Å². The standard InChI is InChI=1S/C17H28N4O3/c1-24-12-15-10-14(20-21-15)11-18-16(22)8-9-17(23)19-13-6-4-2-3-5-7-13/h10,13H,2-9,11-12H2,1H3,(H,18,22)(H,19,23)(H,20,21). The predicted octanol–water partition coefficient (Wildman–Crippen LogP) is 1.79. The molecule has 0 atom stereocenters. The zero-order chi connectivity index (χ0) is 17.2. The average Bonchev–Trinajstić information content (AvgIpc) is 2.86. The first kappa shape index (κ1) is 18.4. The van der Waals surface area contributed by atoms with E-state index in [0.29, 0.717) is 13.2 Å². The highest BCUT2D eigenvalue weighted by molar-refractivity contribution is 5.83. The summed E-state index contributed by atoms with van der Waals surface area (Å²) in [7, 11) is 1.61. The van der Waals surface area contributed by atoms with Gasteiger partial charge in [0.2, 0.25) is 11.8 Å². The topological polar surface area (TPSA) is 96.1 Å². The van der Waals surface area contributed by atoms with Crippen LogP contribution >= 0.6 is 0 Å². The van der Waals surface area contributed by atoms with Crippen molar-refractivity contribution in [2.24, 2.45) is 0 Å². The van der Waals surface area contributed by atoms with Crippen LogP contribution in [0.1, 0.15) is 62.8 Å². The van der Waals surface area contributed by atoms with Gasteiger partial charge < -0.3 is 15.4 Å². The molecule has 0 radical (unpaired) electrons. The fourth-order valence-electron chi connectivity index (χ4n) is 2.95. The van der Waals surface area contributed by atoms with Crippen molar-refractivity contribution in [1.82, 2.24) is 20.8 Å². The van der Waals surface area contributed by atoms with E-state index < -0.39 is 0 Å². The first-order chi connectivity index (χ1) is 11.7. The Balaban J connectivity index is 1.62. The van der Waals surface area contributed by atoms with Crippen LogP contribution in [-0.2, 0) is 27.5 Å². The van der Waals surface area contributed by atoms with Crippen LogP contribution in [0.15, 0.2) is 6.07 Å². The Bertz CT molecular complexity index is 522. The Labute approximate surface area is 142 Å². The summed E-state index contributed by atoms with van der Waals surface area (Å²) in [6, 6.07) is 2.13. The maximum absolute atomic E-state index is 12.0. The lowest BCUT2D eigenvalue weighted by atomic mass is 10.1. The molecule has 1 fully saturated rings. The monoisotopic (exact) mass is 336 g/mol. The van der Waals surface area contributed by atoms with E-state index in [1.807, 2.05) is 6.07 Å². The van der Waals surface area contributed by atoms with Crippen molar-refractivity contribution < 1.29 is 14.3 Å². The van der Waals surface area contributed by atoms with Gasteiger partial charge in [0.1, 0.15) is 0 Å². The van der Waals surface area contributed by atoms with E-state index >= 15 is 0 Å². The number of nitrogens with zero attached hydrogens (tertiary/aromatic N) is 1. The van der Waals surface area contributed by atoms with Gasteiger partial charge in [-0.3, -0.25) is 14.7 Å². The van der Waals surface area contributed by atoms with Gasteiger partial charge in [-0.25, -0.2) is 0 Å². The van der Waals surface area contributed by atoms with Crippen LogP contribution in [0.5, 0.6) is 0 Å². The molecule has 1 aromatic heterocycles. The largest absolute Gasteiger partial charge is 0.378 e. The number of hydrogen-bond donors (Lipinski definition) is 3. The van der Waals surface area contributed by atoms with Crippen LogP contribution in [0.3, 0.4) is 0 Å². The van der Waals surface area contributed by atoms with Crippen molar-refractivity contribution in [2.45, 2.75) is 70.6 Å². The minimum atomic E-state index is -0.131. The van der Waals surface area contributed by atoms with E-state index in [1.54, 1.807) is 7.11 Å². The molecule has 2 rings (SSSR count). The number of aromatic nitrogens is 2. The number of amides is 2. The van der Waals surface area contributed by atoms with Crippen molar-refractivity contribution in [3.63, 3.8) is 0 Å². The quantitative estimate of drug-likeness (QED) is 0.631. The van der Waals surface area contributed by atoms with E-state index in [9.17, 15) is 9.59 Å². The minimum Gasteiger partial charge on any atom is -0.378 e. The molecule has 0 aliphatic heterocycles. The fraction of sp³-hybridized carbons (Fsp3) is 0.706. The van der Waals surface area contributed by atoms with Gasteiger partial charge in [0, 0.05) is 26.0 Å². The van der Waals surface area contributed by atoms with Crippen LogP contribution < -0.4 is 10.6 Å². The number of rotatable bonds is 8. The second-order valence-electron chi connectivity index (χ2n) is 6.35. The molecular weight excluding hydrogens is 308 g/mol. The number of hydrogen-bond acceptors (Lipinski definition) is 4. The van der Waals surface area contributed by atoms with Gasteiger partial charge in [0.05, 0.1) is 24.5 Å². The summed E-state index contributed by atoms with van der Waals surface area (Å²) < 4.78 is 4.99. The molecule has 0 spiro atoms.